The zero-order valence-electron chi connectivity index (χ0n) is 16.4. The van der Waals surface area contributed by atoms with E-state index in [9.17, 15) is 9.59 Å². The molecule has 2 aromatic carbocycles. The van der Waals surface area contributed by atoms with Crippen molar-refractivity contribution in [3.8, 4) is 5.69 Å². The number of carbonyl (C=O) groups excluding carboxylic acids is 2. The van der Waals surface area contributed by atoms with Crippen molar-refractivity contribution in [2.45, 2.75) is 25.5 Å². The first-order valence-electron chi connectivity index (χ1n) is 9.29. The minimum atomic E-state index is -0.135. The van der Waals surface area contributed by atoms with Crippen molar-refractivity contribution in [3.05, 3.63) is 66.5 Å². The summed E-state index contributed by atoms with van der Waals surface area (Å²) >= 11 is 1.34. The molecule has 3 aromatic rings. The first-order chi connectivity index (χ1) is 14.1. The zero-order valence-corrected chi connectivity index (χ0v) is 17.2. The van der Waals surface area contributed by atoms with Gasteiger partial charge >= 0.3 is 0 Å². The van der Waals surface area contributed by atoms with Crippen molar-refractivity contribution < 1.29 is 9.59 Å². The second-order valence-electron chi connectivity index (χ2n) is 6.40. The van der Waals surface area contributed by atoms with Crippen LogP contribution in [-0.4, -0.2) is 43.8 Å². The molecule has 0 aliphatic heterocycles. The van der Waals surface area contributed by atoms with E-state index in [2.05, 4.69) is 15.5 Å². The second kappa shape index (κ2) is 9.88. The fourth-order valence-electron chi connectivity index (χ4n) is 2.83. The van der Waals surface area contributed by atoms with Gasteiger partial charge in [0.15, 0.2) is 5.16 Å². The van der Waals surface area contributed by atoms with Crippen LogP contribution in [0.2, 0.25) is 0 Å². The molecule has 0 bridgehead atoms. The fraction of sp³-hybridized carbons (Fsp3) is 0.238. The second-order valence-corrected chi connectivity index (χ2v) is 7.34. The molecule has 0 radical (unpaired) electrons. The molecule has 0 spiro atoms. The van der Waals surface area contributed by atoms with Crippen molar-refractivity contribution in [2.24, 2.45) is 0 Å². The monoisotopic (exact) mass is 409 g/mol. The summed E-state index contributed by atoms with van der Waals surface area (Å²) in [5.74, 6) is 0.178. The average Bonchev–Trinajstić information content (AvgIpc) is 3.19. The lowest BCUT2D eigenvalue weighted by molar-refractivity contribution is -0.128. The van der Waals surface area contributed by atoms with E-state index in [4.69, 9.17) is 0 Å². The van der Waals surface area contributed by atoms with Crippen LogP contribution < -0.4 is 5.32 Å². The van der Waals surface area contributed by atoms with Gasteiger partial charge in [-0.2, -0.15) is 0 Å². The molecule has 0 atom stereocenters. The lowest BCUT2D eigenvalue weighted by atomic mass is 10.2. The number of nitrogens with one attached hydrogen (secondary N) is 1. The molecule has 150 valence electrons. The highest BCUT2D eigenvalue weighted by Gasteiger charge is 2.15. The van der Waals surface area contributed by atoms with E-state index in [1.54, 1.807) is 10.9 Å². The van der Waals surface area contributed by atoms with Crippen molar-refractivity contribution in [3.63, 3.8) is 0 Å². The molecule has 1 aromatic heterocycles. The van der Waals surface area contributed by atoms with Crippen LogP contribution >= 0.6 is 11.8 Å². The summed E-state index contributed by atoms with van der Waals surface area (Å²) < 4.78 is 1.80. The van der Waals surface area contributed by atoms with Gasteiger partial charge < -0.3 is 10.2 Å². The minimum absolute atomic E-state index is 0.0444. The highest BCUT2D eigenvalue weighted by molar-refractivity contribution is 7.99. The molecule has 0 aliphatic carbocycles. The first-order valence-corrected chi connectivity index (χ1v) is 10.3. The third-order valence-electron chi connectivity index (χ3n) is 4.24. The number of hydrogen-bond donors (Lipinski definition) is 1. The number of carbonyl (C=O) groups is 2. The summed E-state index contributed by atoms with van der Waals surface area (Å²) in [5.41, 5.74) is 2.61. The Balaban J connectivity index is 1.67. The average molecular weight is 410 g/mol. The van der Waals surface area contributed by atoms with Gasteiger partial charge in [-0.05, 0) is 30.7 Å². The van der Waals surface area contributed by atoms with Crippen molar-refractivity contribution in [1.82, 2.24) is 19.7 Å². The third-order valence-corrected chi connectivity index (χ3v) is 5.16. The number of hydrogen-bond acceptors (Lipinski definition) is 5. The summed E-state index contributed by atoms with van der Waals surface area (Å²) in [5, 5.41) is 11.5. The maximum atomic E-state index is 12.7. The van der Waals surface area contributed by atoms with E-state index in [0.717, 1.165) is 11.3 Å². The van der Waals surface area contributed by atoms with Crippen LogP contribution in [0.15, 0.2) is 66.1 Å². The number of nitrogens with zero attached hydrogens (tertiary/aromatic N) is 4. The van der Waals surface area contributed by atoms with Crippen LogP contribution in [0.1, 0.15) is 19.4 Å². The number of thioether (sulfide) groups is 1. The van der Waals surface area contributed by atoms with Gasteiger partial charge in [0.1, 0.15) is 6.33 Å². The fourth-order valence-corrected chi connectivity index (χ4v) is 3.67. The standard InChI is InChI=1S/C21H23N5O2S/c1-3-25(13-17-8-5-4-6-9-17)20(28)14-29-21-24-22-15-26(21)19-11-7-10-18(12-19)23-16(2)27/h4-12,15H,3,13-14H2,1-2H3,(H,23,27). The molecule has 29 heavy (non-hydrogen) atoms. The van der Waals surface area contributed by atoms with Crippen molar-refractivity contribution in [2.75, 3.05) is 17.6 Å². The number of anilines is 1. The van der Waals surface area contributed by atoms with Gasteiger partial charge in [0.05, 0.1) is 11.4 Å². The maximum Gasteiger partial charge on any atom is 0.233 e. The molecule has 7 nitrogen and oxygen atoms in total. The molecule has 0 fully saturated rings. The summed E-state index contributed by atoms with van der Waals surface area (Å²) in [7, 11) is 0. The molecule has 0 aliphatic rings. The van der Waals surface area contributed by atoms with Crippen molar-refractivity contribution >= 4 is 29.3 Å². The molecule has 8 heteroatoms. The van der Waals surface area contributed by atoms with Crippen LogP contribution in [0, 0.1) is 0 Å². The Bertz CT molecular complexity index is 974. The Kier molecular flexibility index (Phi) is 7.02. The summed E-state index contributed by atoms with van der Waals surface area (Å²) in [6, 6.07) is 17.3. The van der Waals surface area contributed by atoms with Crippen LogP contribution in [0.25, 0.3) is 5.69 Å². The SMILES string of the molecule is CCN(Cc1ccccc1)C(=O)CSc1nncn1-c1cccc(NC(C)=O)c1. The lowest BCUT2D eigenvalue weighted by Gasteiger charge is -2.20. The third kappa shape index (κ3) is 5.68. The molecular formula is C21H23N5O2S. The molecule has 3 rings (SSSR count). The molecule has 0 unspecified atom stereocenters. The van der Waals surface area contributed by atoms with Crippen LogP contribution in [-0.2, 0) is 16.1 Å². The van der Waals surface area contributed by atoms with E-state index in [1.165, 1.54) is 18.7 Å². The highest BCUT2D eigenvalue weighted by Crippen LogP contribution is 2.22. The number of benzene rings is 2. The predicted octanol–water partition coefficient (Wildman–Crippen LogP) is 3.37. The van der Waals surface area contributed by atoms with Crippen LogP contribution in [0.5, 0.6) is 0 Å². The van der Waals surface area contributed by atoms with Crippen LogP contribution in [0.3, 0.4) is 0 Å². The van der Waals surface area contributed by atoms with E-state index < -0.39 is 0 Å². The predicted molar refractivity (Wildman–Crippen MR) is 114 cm³/mol. The smallest absolute Gasteiger partial charge is 0.233 e. The Morgan fingerprint density at radius 3 is 2.66 bits per heavy atom. The van der Waals surface area contributed by atoms with Gasteiger partial charge in [-0.15, -0.1) is 10.2 Å². The van der Waals surface area contributed by atoms with Gasteiger partial charge in [0, 0.05) is 25.7 Å². The van der Waals surface area contributed by atoms with Gasteiger partial charge in [-0.1, -0.05) is 48.2 Å². The minimum Gasteiger partial charge on any atom is -0.338 e. The summed E-state index contributed by atoms with van der Waals surface area (Å²) in [6.07, 6.45) is 1.60. The Morgan fingerprint density at radius 1 is 1.14 bits per heavy atom. The lowest BCUT2D eigenvalue weighted by Crippen LogP contribution is -2.31. The quantitative estimate of drug-likeness (QED) is 0.577. The Morgan fingerprint density at radius 2 is 1.93 bits per heavy atom. The van der Waals surface area contributed by atoms with E-state index in [1.807, 2.05) is 66.4 Å². The maximum absolute atomic E-state index is 12.7. The van der Waals surface area contributed by atoms with Crippen molar-refractivity contribution in [1.29, 1.82) is 0 Å². The molecule has 1 N–H and O–H groups in total. The summed E-state index contributed by atoms with van der Waals surface area (Å²) in [4.78, 5) is 25.8. The highest BCUT2D eigenvalue weighted by atomic mass is 32.2. The topological polar surface area (TPSA) is 80.1 Å². The molecule has 2 amide bonds. The molecular weight excluding hydrogens is 386 g/mol. The van der Waals surface area contributed by atoms with Gasteiger partial charge in [0.25, 0.3) is 0 Å². The normalized spacial score (nSPS) is 10.6. The Hall–Kier alpha value is -3.13. The van der Waals surface area contributed by atoms with E-state index in [-0.39, 0.29) is 17.6 Å². The number of aromatic nitrogens is 3. The number of rotatable bonds is 8. The summed E-state index contributed by atoms with van der Waals surface area (Å²) in [6.45, 7) is 4.66. The first kappa shape index (κ1) is 20.6. The molecule has 0 saturated heterocycles. The number of amides is 2. The molecule has 0 saturated carbocycles. The zero-order chi connectivity index (χ0) is 20.6. The van der Waals surface area contributed by atoms with E-state index >= 15 is 0 Å². The molecule has 1 heterocycles. The van der Waals surface area contributed by atoms with Gasteiger partial charge in [0.2, 0.25) is 11.8 Å². The van der Waals surface area contributed by atoms with Gasteiger partial charge in [-0.25, -0.2) is 0 Å². The van der Waals surface area contributed by atoms with Crippen LogP contribution in [0.4, 0.5) is 5.69 Å². The van der Waals surface area contributed by atoms with E-state index in [0.29, 0.717) is 23.9 Å². The van der Waals surface area contributed by atoms with Gasteiger partial charge in [-0.3, -0.25) is 14.2 Å². The Labute approximate surface area is 174 Å². The largest absolute Gasteiger partial charge is 0.338 e.